The number of fused-ring (bicyclic) bond motifs is 1. The summed E-state index contributed by atoms with van der Waals surface area (Å²) in [7, 11) is 2.04. The molecule has 0 aliphatic carbocycles. The molecule has 0 saturated carbocycles. The summed E-state index contributed by atoms with van der Waals surface area (Å²) in [6.45, 7) is 5.10. The molecule has 0 fully saturated rings. The minimum absolute atomic E-state index is 0.207. The smallest absolute Gasteiger partial charge is 0.139 e. The van der Waals surface area contributed by atoms with Crippen molar-refractivity contribution in [1.29, 1.82) is 0 Å². The molecule has 3 heterocycles. The molecule has 0 aliphatic heterocycles. The van der Waals surface area contributed by atoms with E-state index < -0.39 is 0 Å². The number of aromatic nitrogens is 3. The Balaban J connectivity index is 1.66. The molecule has 23 heavy (non-hydrogen) atoms. The zero-order chi connectivity index (χ0) is 16.4. The van der Waals surface area contributed by atoms with Crippen molar-refractivity contribution in [2.75, 3.05) is 6.54 Å². The van der Waals surface area contributed by atoms with E-state index in [1.165, 1.54) is 10.9 Å². The van der Waals surface area contributed by atoms with Gasteiger partial charge in [-0.05, 0) is 72.1 Å². The Kier molecular flexibility index (Phi) is 4.78. The second-order valence-electron chi connectivity index (χ2n) is 5.95. The van der Waals surface area contributed by atoms with E-state index in [1.54, 1.807) is 0 Å². The third-order valence-electron chi connectivity index (χ3n) is 4.08. The molecule has 120 valence electrons. The fourth-order valence-corrected chi connectivity index (χ4v) is 3.68. The normalized spacial score (nSPS) is 12.7. The Morgan fingerprint density at radius 3 is 2.96 bits per heavy atom. The molecule has 1 unspecified atom stereocenters. The molecule has 4 nitrogen and oxygen atoms in total. The molecule has 0 aliphatic rings. The highest BCUT2D eigenvalue weighted by Crippen LogP contribution is 2.22. The third-order valence-corrected chi connectivity index (χ3v) is 4.71. The Hall–Kier alpha value is -1.72. The van der Waals surface area contributed by atoms with Gasteiger partial charge in [-0.1, -0.05) is 0 Å². The summed E-state index contributed by atoms with van der Waals surface area (Å²) in [4.78, 5) is 8.97. The number of rotatable bonds is 5. The molecule has 0 bridgehead atoms. The number of nitrogens with zero attached hydrogens (tertiary/aromatic N) is 3. The van der Waals surface area contributed by atoms with E-state index in [-0.39, 0.29) is 6.04 Å². The van der Waals surface area contributed by atoms with E-state index in [0.29, 0.717) is 0 Å². The van der Waals surface area contributed by atoms with Crippen LogP contribution >= 0.6 is 15.9 Å². The summed E-state index contributed by atoms with van der Waals surface area (Å²) in [6, 6.07) is 6.45. The minimum atomic E-state index is 0.207. The van der Waals surface area contributed by atoms with Crippen LogP contribution in [0, 0.1) is 6.92 Å². The molecular formula is C18H21BrN4. The van der Waals surface area contributed by atoms with Crippen molar-refractivity contribution < 1.29 is 0 Å². The number of aryl methyl sites for hydroxylation is 2. The highest BCUT2D eigenvalue weighted by atomic mass is 79.9. The minimum Gasteiger partial charge on any atom is -0.335 e. The molecular weight excluding hydrogens is 352 g/mol. The molecule has 0 amide bonds. The Morgan fingerprint density at radius 1 is 1.35 bits per heavy atom. The maximum absolute atomic E-state index is 4.53. The molecule has 5 heteroatoms. The highest BCUT2D eigenvalue weighted by molar-refractivity contribution is 9.10. The van der Waals surface area contributed by atoms with Crippen molar-refractivity contribution in [3.8, 4) is 0 Å². The highest BCUT2D eigenvalue weighted by Gasteiger charge is 2.12. The van der Waals surface area contributed by atoms with Gasteiger partial charge in [0.1, 0.15) is 5.65 Å². The summed E-state index contributed by atoms with van der Waals surface area (Å²) in [5.74, 6) is 0. The lowest BCUT2D eigenvalue weighted by molar-refractivity contribution is 0.562. The van der Waals surface area contributed by atoms with Gasteiger partial charge in [-0.2, -0.15) is 0 Å². The van der Waals surface area contributed by atoms with Gasteiger partial charge in [-0.3, -0.25) is 4.98 Å². The summed E-state index contributed by atoms with van der Waals surface area (Å²) in [6.07, 6.45) is 6.89. The van der Waals surface area contributed by atoms with E-state index in [9.17, 15) is 0 Å². The predicted molar refractivity (Wildman–Crippen MR) is 97.5 cm³/mol. The van der Waals surface area contributed by atoms with Crippen LogP contribution in [0.15, 0.2) is 41.3 Å². The van der Waals surface area contributed by atoms with Crippen LogP contribution in [-0.2, 0) is 13.5 Å². The maximum Gasteiger partial charge on any atom is 0.139 e. The van der Waals surface area contributed by atoms with Crippen molar-refractivity contribution in [2.24, 2.45) is 7.05 Å². The maximum atomic E-state index is 4.53. The van der Waals surface area contributed by atoms with Gasteiger partial charge in [0.15, 0.2) is 0 Å². The number of nitrogens with one attached hydrogen (secondary N) is 1. The zero-order valence-electron chi connectivity index (χ0n) is 13.7. The van der Waals surface area contributed by atoms with Crippen molar-refractivity contribution in [3.05, 3.63) is 58.1 Å². The molecule has 1 N–H and O–H groups in total. The average molecular weight is 373 g/mol. The number of pyridine rings is 2. The van der Waals surface area contributed by atoms with Crippen molar-refractivity contribution in [2.45, 2.75) is 26.3 Å². The molecule has 3 rings (SSSR count). The molecule has 0 saturated heterocycles. The number of halogens is 1. The molecule has 0 radical (unpaired) electrons. The van der Waals surface area contributed by atoms with Crippen LogP contribution in [0.1, 0.15) is 29.8 Å². The Labute approximate surface area is 145 Å². The molecule has 3 aromatic rings. The first-order valence-electron chi connectivity index (χ1n) is 7.80. The lowest BCUT2D eigenvalue weighted by Crippen LogP contribution is -2.22. The summed E-state index contributed by atoms with van der Waals surface area (Å²) in [5, 5.41) is 4.79. The van der Waals surface area contributed by atoms with Gasteiger partial charge in [0, 0.05) is 41.5 Å². The molecule has 0 aromatic carbocycles. The van der Waals surface area contributed by atoms with Gasteiger partial charge in [0.25, 0.3) is 0 Å². The van der Waals surface area contributed by atoms with Crippen LogP contribution in [0.4, 0.5) is 0 Å². The SMILES string of the molecule is Cc1cnc(C(C)NCCc2cn(C)c3ncccc23)c(Br)c1. The van der Waals surface area contributed by atoms with Crippen molar-refractivity contribution >= 4 is 27.0 Å². The second-order valence-corrected chi connectivity index (χ2v) is 6.80. The Morgan fingerprint density at radius 2 is 2.17 bits per heavy atom. The third kappa shape index (κ3) is 3.46. The second kappa shape index (κ2) is 6.81. The number of hydrogen-bond acceptors (Lipinski definition) is 3. The lowest BCUT2D eigenvalue weighted by atomic mass is 10.1. The largest absolute Gasteiger partial charge is 0.335 e. The van der Waals surface area contributed by atoms with E-state index >= 15 is 0 Å². The first-order chi connectivity index (χ1) is 11.1. The predicted octanol–water partition coefficient (Wildman–Crippen LogP) is 3.93. The lowest BCUT2D eigenvalue weighted by Gasteiger charge is -2.15. The fraction of sp³-hybridized carbons (Fsp3) is 0.333. The van der Waals surface area contributed by atoms with Gasteiger partial charge in [0.2, 0.25) is 0 Å². The molecule has 3 aromatic heterocycles. The van der Waals surface area contributed by atoms with E-state index in [0.717, 1.165) is 34.3 Å². The van der Waals surface area contributed by atoms with Crippen LogP contribution in [0.2, 0.25) is 0 Å². The van der Waals surface area contributed by atoms with Crippen molar-refractivity contribution in [1.82, 2.24) is 19.9 Å². The van der Waals surface area contributed by atoms with Crippen molar-refractivity contribution in [3.63, 3.8) is 0 Å². The van der Waals surface area contributed by atoms with E-state index in [2.05, 4.69) is 61.0 Å². The summed E-state index contributed by atoms with van der Waals surface area (Å²) < 4.78 is 3.15. The summed E-state index contributed by atoms with van der Waals surface area (Å²) in [5.41, 5.74) is 4.58. The quantitative estimate of drug-likeness (QED) is 0.737. The fourth-order valence-electron chi connectivity index (χ4n) is 2.88. The number of hydrogen-bond donors (Lipinski definition) is 1. The molecule has 0 spiro atoms. The average Bonchev–Trinajstić information content (AvgIpc) is 2.84. The van der Waals surface area contributed by atoms with Gasteiger partial charge in [-0.25, -0.2) is 4.98 Å². The monoisotopic (exact) mass is 372 g/mol. The van der Waals surface area contributed by atoms with Crippen LogP contribution in [0.3, 0.4) is 0 Å². The van der Waals surface area contributed by atoms with Gasteiger partial charge in [0.05, 0.1) is 5.69 Å². The Bertz CT molecular complexity index is 825. The summed E-state index contributed by atoms with van der Waals surface area (Å²) >= 11 is 3.61. The topological polar surface area (TPSA) is 42.7 Å². The van der Waals surface area contributed by atoms with Crippen LogP contribution in [0.25, 0.3) is 11.0 Å². The van der Waals surface area contributed by atoms with Crippen LogP contribution in [-0.4, -0.2) is 21.1 Å². The van der Waals surface area contributed by atoms with E-state index in [1.807, 2.05) is 32.4 Å². The first kappa shape index (κ1) is 16.1. The first-order valence-corrected chi connectivity index (χ1v) is 8.60. The van der Waals surface area contributed by atoms with Gasteiger partial charge < -0.3 is 9.88 Å². The molecule has 1 atom stereocenters. The van der Waals surface area contributed by atoms with Gasteiger partial charge >= 0.3 is 0 Å². The standard InChI is InChI=1S/C18H21BrN4/c1-12-9-16(19)17(22-10-12)13(2)20-8-6-14-11-23(3)18-15(14)5-4-7-21-18/h4-5,7,9-11,13,20H,6,8H2,1-3H3. The van der Waals surface area contributed by atoms with Crippen LogP contribution < -0.4 is 5.32 Å². The van der Waals surface area contributed by atoms with Crippen LogP contribution in [0.5, 0.6) is 0 Å². The van der Waals surface area contributed by atoms with E-state index in [4.69, 9.17) is 0 Å². The van der Waals surface area contributed by atoms with Gasteiger partial charge in [-0.15, -0.1) is 0 Å². The zero-order valence-corrected chi connectivity index (χ0v) is 15.3.